The molecule has 1 aromatic heterocycles. The van der Waals surface area contributed by atoms with Gasteiger partial charge >= 0.3 is 0 Å². The molecule has 1 unspecified atom stereocenters. The van der Waals surface area contributed by atoms with E-state index in [-0.39, 0.29) is 11.9 Å². The summed E-state index contributed by atoms with van der Waals surface area (Å²) in [6.07, 6.45) is 0. The fourth-order valence-corrected chi connectivity index (χ4v) is 2.03. The first-order chi connectivity index (χ1) is 8.70. The predicted octanol–water partition coefficient (Wildman–Crippen LogP) is -0.0704. The minimum Gasteiger partial charge on any atom is -0.378 e. The number of carbonyl (C=O) groups is 1. The largest absolute Gasteiger partial charge is 0.378 e. The highest BCUT2D eigenvalue weighted by Gasteiger charge is 2.17. The summed E-state index contributed by atoms with van der Waals surface area (Å²) in [5.74, 6) is -0.0789. The second-order valence-corrected chi connectivity index (χ2v) is 4.42. The van der Waals surface area contributed by atoms with Gasteiger partial charge in [0.1, 0.15) is 5.69 Å². The van der Waals surface area contributed by atoms with Crippen LogP contribution in [0.15, 0.2) is 6.07 Å². The molecule has 0 spiro atoms. The van der Waals surface area contributed by atoms with E-state index in [0.717, 1.165) is 18.8 Å². The second-order valence-electron chi connectivity index (χ2n) is 4.42. The molecule has 0 saturated carbocycles. The highest BCUT2D eigenvalue weighted by molar-refractivity contribution is 5.92. The Bertz CT molecular complexity index is 410. The van der Waals surface area contributed by atoms with E-state index in [1.54, 1.807) is 4.68 Å². The molecule has 1 aliphatic rings. The lowest BCUT2D eigenvalue weighted by Crippen LogP contribution is -2.48. The van der Waals surface area contributed by atoms with Crippen molar-refractivity contribution in [3.63, 3.8) is 0 Å². The average Bonchev–Trinajstić information content (AvgIpc) is 2.78. The Hall–Kier alpha value is -1.40. The fraction of sp³-hybridized carbons (Fsp3) is 0.667. The minimum absolute atomic E-state index is 0.0789. The molecule has 1 aromatic rings. The Morgan fingerprint density at radius 1 is 1.72 bits per heavy atom. The highest BCUT2D eigenvalue weighted by atomic mass is 16.5. The molecule has 2 N–H and O–H groups in total. The van der Waals surface area contributed by atoms with Crippen LogP contribution in [-0.4, -0.2) is 48.0 Å². The number of hydrogen-bond donors (Lipinski definition) is 2. The van der Waals surface area contributed by atoms with Crippen LogP contribution < -0.4 is 10.6 Å². The summed E-state index contributed by atoms with van der Waals surface area (Å²) >= 11 is 0. The zero-order chi connectivity index (χ0) is 13.0. The lowest BCUT2D eigenvalue weighted by molar-refractivity contribution is 0.0732. The van der Waals surface area contributed by atoms with Gasteiger partial charge in [-0.3, -0.25) is 9.48 Å². The van der Waals surface area contributed by atoms with Gasteiger partial charge in [0.05, 0.1) is 18.9 Å². The van der Waals surface area contributed by atoms with E-state index >= 15 is 0 Å². The summed E-state index contributed by atoms with van der Waals surface area (Å²) in [4.78, 5) is 12.0. The smallest absolute Gasteiger partial charge is 0.269 e. The Morgan fingerprint density at radius 2 is 2.56 bits per heavy atom. The first kappa shape index (κ1) is 13.0. The molecule has 1 aliphatic heterocycles. The van der Waals surface area contributed by atoms with E-state index in [1.165, 1.54) is 0 Å². The molecular formula is C12H20N4O2. The van der Waals surface area contributed by atoms with Crippen molar-refractivity contribution in [2.75, 3.05) is 26.3 Å². The van der Waals surface area contributed by atoms with E-state index in [4.69, 9.17) is 4.74 Å². The SMILES string of the molecule is CCn1nc(C)cc1C(=O)NCC1COCCN1. The molecule has 6 nitrogen and oxygen atoms in total. The lowest BCUT2D eigenvalue weighted by Gasteiger charge is -2.23. The maximum absolute atomic E-state index is 12.0. The number of hydrogen-bond acceptors (Lipinski definition) is 4. The predicted molar refractivity (Wildman–Crippen MR) is 67.6 cm³/mol. The molecule has 1 atom stereocenters. The Labute approximate surface area is 107 Å². The van der Waals surface area contributed by atoms with Gasteiger partial charge in [0, 0.05) is 25.7 Å². The van der Waals surface area contributed by atoms with Crippen molar-refractivity contribution in [1.29, 1.82) is 0 Å². The molecule has 0 aliphatic carbocycles. The van der Waals surface area contributed by atoms with Crippen LogP contribution in [-0.2, 0) is 11.3 Å². The number of nitrogens with one attached hydrogen (secondary N) is 2. The molecule has 2 heterocycles. The number of aromatic nitrogens is 2. The third kappa shape index (κ3) is 3.08. The normalized spacial score (nSPS) is 19.8. The Kier molecular flexibility index (Phi) is 4.33. The highest BCUT2D eigenvalue weighted by Crippen LogP contribution is 2.03. The van der Waals surface area contributed by atoms with Gasteiger partial charge in [0.2, 0.25) is 0 Å². The van der Waals surface area contributed by atoms with Crippen molar-refractivity contribution >= 4 is 5.91 Å². The molecule has 0 aromatic carbocycles. The summed E-state index contributed by atoms with van der Waals surface area (Å²) < 4.78 is 7.06. The van der Waals surface area contributed by atoms with Crippen molar-refractivity contribution in [3.05, 3.63) is 17.5 Å². The van der Waals surface area contributed by atoms with Gasteiger partial charge in [-0.2, -0.15) is 5.10 Å². The maximum Gasteiger partial charge on any atom is 0.269 e. The summed E-state index contributed by atoms with van der Waals surface area (Å²) in [7, 11) is 0. The zero-order valence-electron chi connectivity index (χ0n) is 10.9. The van der Waals surface area contributed by atoms with Crippen LogP contribution >= 0.6 is 0 Å². The number of ether oxygens (including phenoxy) is 1. The number of carbonyl (C=O) groups excluding carboxylic acids is 1. The number of aryl methyl sites for hydroxylation is 2. The summed E-state index contributed by atoms with van der Waals surface area (Å²) in [5.41, 5.74) is 1.48. The van der Waals surface area contributed by atoms with E-state index < -0.39 is 0 Å². The number of nitrogens with zero attached hydrogens (tertiary/aromatic N) is 2. The van der Waals surface area contributed by atoms with Crippen LogP contribution in [0.1, 0.15) is 23.1 Å². The summed E-state index contributed by atoms with van der Waals surface area (Å²) in [6.45, 7) is 7.36. The molecule has 1 amide bonds. The fourth-order valence-electron chi connectivity index (χ4n) is 2.03. The quantitative estimate of drug-likeness (QED) is 0.787. The van der Waals surface area contributed by atoms with E-state index in [2.05, 4.69) is 15.7 Å². The molecule has 1 saturated heterocycles. The van der Waals surface area contributed by atoms with Crippen molar-refractivity contribution in [3.8, 4) is 0 Å². The maximum atomic E-state index is 12.0. The van der Waals surface area contributed by atoms with Gasteiger partial charge in [0.25, 0.3) is 5.91 Å². The van der Waals surface area contributed by atoms with Gasteiger partial charge in [0.15, 0.2) is 0 Å². The van der Waals surface area contributed by atoms with E-state index in [0.29, 0.717) is 25.4 Å². The van der Waals surface area contributed by atoms with Gasteiger partial charge in [-0.05, 0) is 19.9 Å². The van der Waals surface area contributed by atoms with Crippen LogP contribution in [0.5, 0.6) is 0 Å². The van der Waals surface area contributed by atoms with Crippen molar-refractivity contribution in [2.45, 2.75) is 26.4 Å². The Morgan fingerprint density at radius 3 is 3.22 bits per heavy atom. The molecule has 1 fully saturated rings. The molecule has 0 radical (unpaired) electrons. The Balaban J connectivity index is 1.90. The first-order valence-corrected chi connectivity index (χ1v) is 6.34. The van der Waals surface area contributed by atoms with Crippen LogP contribution in [0, 0.1) is 6.92 Å². The molecule has 18 heavy (non-hydrogen) atoms. The number of amides is 1. The summed E-state index contributed by atoms with van der Waals surface area (Å²) in [6, 6.07) is 2.01. The van der Waals surface area contributed by atoms with Crippen molar-refractivity contribution in [1.82, 2.24) is 20.4 Å². The number of rotatable bonds is 4. The molecule has 100 valence electrons. The first-order valence-electron chi connectivity index (χ1n) is 6.34. The second kappa shape index (κ2) is 5.97. The van der Waals surface area contributed by atoms with Crippen LogP contribution in [0.2, 0.25) is 0 Å². The summed E-state index contributed by atoms with van der Waals surface area (Å²) in [5, 5.41) is 10.5. The number of morpholine rings is 1. The van der Waals surface area contributed by atoms with Crippen LogP contribution in [0.25, 0.3) is 0 Å². The van der Waals surface area contributed by atoms with Gasteiger partial charge < -0.3 is 15.4 Å². The van der Waals surface area contributed by atoms with E-state index in [1.807, 2.05) is 19.9 Å². The van der Waals surface area contributed by atoms with Crippen molar-refractivity contribution < 1.29 is 9.53 Å². The minimum atomic E-state index is -0.0789. The van der Waals surface area contributed by atoms with E-state index in [9.17, 15) is 4.79 Å². The topological polar surface area (TPSA) is 68.2 Å². The third-order valence-corrected chi connectivity index (χ3v) is 2.94. The monoisotopic (exact) mass is 252 g/mol. The molecule has 2 rings (SSSR count). The van der Waals surface area contributed by atoms with Gasteiger partial charge in [-0.1, -0.05) is 0 Å². The third-order valence-electron chi connectivity index (χ3n) is 2.94. The lowest BCUT2D eigenvalue weighted by atomic mass is 10.2. The molecule has 0 bridgehead atoms. The standard InChI is InChI=1S/C12H20N4O2/c1-3-16-11(6-9(2)15-16)12(17)14-7-10-8-18-5-4-13-10/h6,10,13H,3-5,7-8H2,1-2H3,(H,14,17). The van der Waals surface area contributed by atoms with Gasteiger partial charge in [-0.25, -0.2) is 0 Å². The van der Waals surface area contributed by atoms with Crippen molar-refractivity contribution in [2.24, 2.45) is 0 Å². The molecule has 6 heteroatoms. The van der Waals surface area contributed by atoms with Gasteiger partial charge in [-0.15, -0.1) is 0 Å². The zero-order valence-corrected chi connectivity index (χ0v) is 10.9. The average molecular weight is 252 g/mol. The van der Waals surface area contributed by atoms with Crippen LogP contribution in [0.3, 0.4) is 0 Å². The van der Waals surface area contributed by atoms with Crippen LogP contribution in [0.4, 0.5) is 0 Å². The molecular weight excluding hydrogens is 232 g/mol.